The lowest BCUT2D eigenvalue weighted by Crippen LogP contribution is -2.44. The zero-order chi connectivity index (χ0) is 89.3. The van der Waals surface area contributed by atoms with E-state index < -0.39 is 129 Å². The zero-order valence-corrected chi connectivity index (χ0v) is 68.2. The van der Waals surface area contributed by atoms with Gasteiger partial charge in [-0.25, -0.2) is 41.9 Å². The highest BCUT2D eigenvalue weighted by molar-refractivity contribution is 14.1. The summed E-state index contributed by atoms with van der Waals surface area (Å²) in [5, 5.41) is 27.0. The number of halogens is 18. The molecule has 2 fully saturated rings. The van der Waals surface area contributed by atoms with Crippen molar-refractivity contribution >= 4 is 127 Å². The Hall–Kier alpha value is -11.7. The highest BCUT2D eigenvalue weighted by Crippen LogP contribution is 2.36. The quantitative estimate of drug-likeness (QED) is 0.0244. The van der Waals surface area contributed by atoms with Gasteiger partial charge in [0.2, 0.25) is 5.95 Å². The third-order valence-electron chi connectivity index (χ3n) is 16.9. The molecule has 12 rings (SSSR count). The summed E-state index contributed by atoms with van der Waals surface area (Å²) in [4.78, 5) is 82.4. The number of rotatable bonds is 12. The molecule has 20 nitrogen and oxygen atoms in total. The van der Waals surface area contributed by atoms with Crippen molar-refractivity contribution in [3.8, 4) is 0 Å². The van der Waals surface area contributed by atoms with E-state index in [-0.39, 0.29) is 27.8 Å². The summed E-state index contributed by atoms with van der Waals surface area (Å²) in [6.45, 7) is 13.3. The maximum Gasteiger partial charge on any atom is 0.416 e. The molecule has 2 saturated heterocycles. The number of anilines is 8. The Morgan fingerprint density at radius 1 is 0.450 bits per heavy atom. The number of amides is 3. The van der Waals surface area contributed by atoms with Crippen LogP contribution < -0.4 is 37.6 Å². The Balaban J connectivity index is 0.000000224. The molecule has 1 aromatic heterocycles. The molecule has 38 heteroatoms. The van der Waals surface area contributed by atoms with Crippen molar-refractivity contribution in [1.82, 2.24) is 14.9 Å². The zero-order valence-electron chi connectivity index (χ0n) is 63.9. The van der Waals surface area contributed by atoms with E-state index in [4.69, 9.17) is 26.4 Å². The van der Waals surface area contributed by atoms with Gasteiger partial charge in [0.15, 0.2) is 0 Å². The number of carboxylic acid groups (broad SMARTS) is 2. The standard InChI is InChI=1S/C17H13F4NO3.C16H11F4NO3.C15H10F4INO.C15H20N6.C8H7IO2.C7H5F4N.C4H8O/c1-9-3-4-10(7-12(9)16(24)25-2)15(23)22-14-8-11(17(19,20)21)5-6-13(14)18;1-8-2-3-9(6-11(8)15(23)24)14(22)21-13-7-10(16(18,19)20)4-5-12(13)17;1-8-2-3-9(6-12(8)20)14(22)21-13-7-10(15(17,18)19)4-5-11(13)16;1-20-6-8-21(9-7-20)14-4-2-13(3-5-14)19-15-17-10-12(16)11-18-15;1-5-2-3-6(8(10)11)4-7(5)9;8-5-2-1-4(3-6(5)12)7(9,10)11;1-2-4-5-3-1/h3-8H,1-2H3,(H,22,23);2-7H,1H3,(H,21,22)(H,23,24);2-7H,1H3,(H,21,22);2-5,10-11H,6-9,16H2,1H3,(H,17,18,19);2-4H,1H3,(H,10,11);1-3H,12H2;1-4H2. The number of nitrogen functional groups attached to an aromatic ring is 2. The number of alkyl halides is 12. The van der Waals surface area contributed by atoms with E-state index in [1.54, 1.807) is 43.6 Å². The average Bonchev–Trinajstić information content (AvgIpc) is 0.869. The summed E-state index contributed by atoms with van der Waals surface area (Å²) >= 11 is 4.15. The van der Waals surface area contributed by atoms with Gasteiger partial charge in [-0.15, -0.1) is 0 Å². The van der Waals surface area contributed by atoms with Crippen LogP contribution in [0, 0.1) is 58.1 Å². The number of ether oxygens (including phenoxy) is 2. The van der Waals surface area contributed by atoms with Gasteiger partial charge in [-0.1, -0.05) is 24.3 Å². The van der Waals surface area contributed by atoms with Crippen LogP contribution in [-0.2, 0) is 34.2 Å². The van der Waals surface area contributed by atoms with Crippen molar-refractivity contribution in [2.45, 2.75) is 65.2 Å². The summed E-state index contributed by atoms with van der Waals surface area (Å²) < 4.78 is 214. The van der Waals surface area contributed by atoms with Crippen LogP contribution in [-0.4, -0.2) is 114 Å². The van der Waals surface area contributed by atoms with Crippen molar-refractivity contribution in [2.24, 2.45) is 0 Å². The largest absolute Gasteiger partial charge is 0.478 e. The number of nitrogens with one attached hydrogen (secondary N) is 4. The van der Waals surface area contributed by atoms with Gasteiger partial charge >= 0.3 is 42.6 Å². The van der Waals surface area contributed by atoms with Crippen LogP contribution in [0.1, 0.15) is 119 Å². The number of likely N-dealkylation sites (N-methyl/N-ethyl adjacent to an activating group) is 1. The predicted molar refractivity (Wildman–Crippen MR) is 435 cm³/mol. The van der Waals surface area contributed by atoms with Gasteiger partial charge in [0.25, 0.3) is 17.7 Å². The number of carbonyl (C=O) groups excluding carboxylic acids is 4. The number of nitrogens with two attached hydrogens (primary N) is 2. The highest BCUT2D eigenvalue weighted by atomic mass is 127. The average molecular weight is 1920 g/mol. The third-order valence-corrected chi connectivity index (χ3v) is 19.3. The fourth-order valence-electron chi connectivity index (χ4n) is 10.1. The minimum absolute atomic E-state index is 0.0252. The number of piperazine rings is 1. The SMILES string of the molecule is C1CCOC1.CN1CCN(c2ccc(Nc3ncc(N)cn3)cc2)CC1.COC(=O)c1cc(C(=O)Nc2cc(C(F)(F)F)ccc2F)ccc1C.Cc1ccc(C(=O)Nc2cc(C(F)(F)F)ccc2F)cc1C(=O)O.Cc1ccc(C(=O)Nc2cc(C(F)(F)F)ccc2F)cc1I.Cc1ccc(C(=O)O)cc1I.Nc1cc(C(F)(F)F)ccc1F. The first-order valence-corrected chi connectivity index (χ1v) is 37.2. The fourth-order valence-corrected chi connectivity index (χ4v) is 11.1. The van der Waals surface area contributed by atoms with Crippen LogP contribution in [0.25, 0.3) is 0 Å². The van der Waals surface area contributed by atoms with Gasteiger partial charge in [-0.3, -0.25) is 14.4 Å². The summed E-state index contributed by atoms with van der Waals surface area (Å²) in [6, 6.07) is 33.2. The van der Waals surface area contributed by atoms with E-state index in [0.717, 1.165) is 69.4 Å². The molecule has 638 valence electrons. The number of esters is 1. The molecule has 2 aliphatic rings. The first-order valence-electron chi connectivity index (χ1n) is 35.0. The fraction of sp³-hybridized carbons (Fsp3) is 0.220. The molecule has 0 atom stereocenters. The number of aromatic carboxylic acids is 2. The molecule has 0 unspecified atom stereocenters. The molecule has 2 aliphatic heterocycles. The number of aromatic nitrogens is 2. The van der Waals surface area contributed by atoms with Crippen LogP contribution >= 0.6 is 45.2 Å². The summed E-state index contributed by atoms with van der Waals surface area (Å²) in [7, 11) is 3.34. The number of carboxylic acids is 2. The van der Waals surface area contributed by atoms with E-state index in [1.807, 2.05) is 60.0 Å². The second-order valence-electron chi connectivity index (χ2n) is 25.9. The van der Waals surface area contributed by atoms with Crippen molar-refractivity contribution in [1.29, 1.82) is 0 Å². The van der Waals surface area contributed by atoms with Gasteiger partial charge in [0.1, 0.15) is 23.3 Å². The molecule has 10 N–H and O–H groups in total. The van der Waals surface area contributed by atoms with Crippen LogP contribution in [0.4, 0.5) is 116 Å². The number of hydrogen-bond acceptors (Lipinski definition) is 15. The summed E-state index contributed by atoms with van der Waals surface area (Å²) in [5.74, 6) is -8.52. The molecular weight excluding hydrogens is 1840 g/mol. The number of aryl methyl sites for hydroxylation is 4. The van der Waals surface area contributed by atoms with Gasteiger partial charge < -0.3 is 62.2 Å². The van der Waals surface area contributed by atoms with Crippen LogP contribution in [0.5, 0.6) is 0 Å². The monoisotopic (exact) mass is 1920 g/mol. The first-order chi connectivity index (χ1) is 56.1. The van der Waals surface area contributed by atoms with Crippen molar-refractivity contribution in [3.05, 3.63) is 291 Å². The maximum absolute atomic E-state index is 13.7. The van der Waals surface area contributed by atoms with Crippen LogP contribution in [0.3, 0.4) is 0 Å². The van der Waals surface area contributed by atoms with Crippen molar-refractivity contribution < 1.29 is 119 Å². The van der Waals surface area contributed by atoms with Gasteiger partial charge in [-0.2, -0.15) is 52.7 Å². The molecule has 0 aliphatic carbocycles. The van der Waals surface area contributed by atoms with E-state index in [9.17, 15) is 99.0 Å². The lowest BCUT2D eigenvalue weighted by atomic mass is 10.0. The Morgan fingerprint density at radius 3 is 1.17 bits per heavy atom. The minimum atomic E-state index is -4.69. The lowest BCUT2D eigenvalue weighted by molar-refractivity contribution is -0.138. The molecule has 0 saturated carbocycles. The topological polar surface area (TPSA) is 294 Å². The second-order valence-corrected chi connectivity index (χ2v) is 28.2. The number of nitrogens with zero attached hydrogens (tertiary/aromatic N) is 4. The normalized spacial score (nSPS) is 12.5. The number of methoxy groups -OCH3 is 1. The Morgan fingerprint density at radius 2 is 0.808 bits per heavy atom. The van der Waals surface area contributed by atoms with E-state index in [1.165, 1.54) is 69.0 Å². The Labute approximate surface area is 703 Å². The van der Waals surface area contributed by atoms with Crippen molar-refractivity contribution in [3.63, 3.8) is 0 Å². The first kappa shape index (κ1) is 97.2. The van der Waals surface area contributed by atoms with E-state index in [2.05, 4.69) is 82.2 Å². The predicted octanol–water partition coefficient (Wildman–Crippen LogP) is 20.4. The van der Waals surface area contributed by atoms with Gasteiger partial charge in [-0.05, 0) is 261 Å². The van der Waals surface area contributed by atoms with Crippen LogP contribution in [0.2, 0.25) is 0 Å². The number of benzene rings is 9. The highest BCUT2D eigenvalue weighted by Gasteiger charge is 2.35. The molecule has 3 heterocycles. The Bertz CT molecular complexity index is 5240. The molecule has 0 radical (unpaired) electrons. The molecule has 0 spiro atoms. The molecule has 10 aromatic rings. The number of hydrogen-bond donors (Lipinski definition) is 8. The minimum Gasteiger partial charge on any atom is -0.478 e. The van der Waals surface area contributed by atoms with Crippen LogP contribution in [0.15, 0.2) is 182 Å². The third kappa shape index (κ3) is 30.3. The van der Waals surface area contributed by atoms with E-state index >= 15 is 0 Å². The number of carbonyl (C=O) groups is 6. The maximum atomic E-state index is 13.7. The lowest BCUT2D eigenvalue weighted by Gasteiger charge is -2.34. The van der Waals surface area contributed by atoms with Gasteiger partial charge in [0, 0.05) is 74.6 Å². The smallest absolute Gasteiger partial charge is 0.416 e. The summed E-state index contributed by atoms with van der Waals surface area (Å²) in [5.41, 5.74) is 10.3. The second kappa shape index (κ2) is 43.9. The van der Waals surface area contributed by atoms with Gasteiger partial charge in [0.05, 0.1) is 86.9 Å². The van der Waals surface area contributed by atoms with Crippen molar-refractivity contribution in [2.75, 3.05) is 91.2 Å². The molecule has 120 heavy (non-hydrogen) atoms. The molecule has 0 bridgehead atoms. The molecular formula is C82H74F16I2N10O10. The Kier molecular flexibility index (Phi) is 35.5. The molecule has 9 aromatic carbocycles. The molecule has 3 amide bonds. The van der Waals surface area contributed by atoms with E-state index in [0.29, 0.717) is 101 Å². The summed E-state index contributed by atoms with van der Waals surface area (Å²) in [6.07, 6.45) is -12.7.